The second kappa shape index (κ2) is 8.54. The molecular weight excluding hydrogens is 282 g/mol. The van der Waals surface area contributed by atoms with Crippen molar-refractivity contribution < 1.29 is 19.1 Å². The predicted octanol–water partition coefficient (Wildman–Crippen LogP) is 3.60. The van der Waals surface area contributed by atoms with Gasteiger partial charge >= 0.3 is 5.97 Å². The zero-order valence-corrected chi connectivity index (χ0v) is 13.2. The Morgan fingerprint density at radius 1 is 1.36 bits per heavy atom. The van der Waals surface area contributed by atoms with E-state index in [2.05, 4.69) is 24.2 Å². The normalized spacial score (nSPS) is 19.0. The van der Waals surface area contributed by atoms with Gasteiger partial charge in [-0.25, -0.2) is 4.79 Å². The lowest BCUT2D eigenvalue weighted by atomic mass is 10.1. The first-order valence-corrected chi connectivity index (χ1v) is 7.84. The van der Waals surface area contributed by atoms with Crippen LogP contribution in [0.1, 0.15) is 51.2 Å². The molecule has 2 rings (SSSR count). The zero-order chi connectivity index (χ0) is 15.8. The van der Waals surface area contributed by atoms with Crippen molar-refractivity contribution in [3.63, 3.8) is 0 Å². The van der Waals surface area contributed by atoms with Crippen LogP contribution < -0.4 is 0 Å². The van der Waals surface area contributed by atoms with Gasteiger partial charge < -0.3 is 14.3 Å². The van der Waals surface area contributed by atoms with E-state index >= 15 is 0 Å². The van der Waals surface area contributed by atoms with Crippen LogP contribution in [0.4, 0.5) is 0 Å². The molecule has 0 radical (unpaired) electrons. The molecule has 0 aliphatic carbocycles. The van der Waals surface area contributed by atoms with Crippen molar-refractivity contribution in [3.8, 4) is 0 Å². The molecule has 1 aliphatic heterocycles. The van der Waals surface area contributed by atoms with Crippen molar-refractivity contribution in [1.29, 1.82) is 0 Å². The quantitative estimate of drug-likeness (QED) is 0.722. The SMILES string of the molecule is CCC[C@@H](O[C@@H]1CCC(C(=O)OCC)=NO1)c1ccccc1. The highest BCUT2D eigenvalue weighted by Gasteiger charge is 2.26. The molecule has 1 aromatic carbocycles. The molecule has 1 aliphatic rings. The Bertz CT molecular complexity index is 501. The van der Waals surface area contributed by atoms with Crippen LogP contribution in [0.25, 0.3) is 0 Å². The second-order valence-corrected chi connectivity index (χ2v) is 5.16. The second-order valence-electron chi connectivity index (χ2n) is 5.16. The Morgan fingerprint density at radius 2 is 2.14 bits per heavy atom. The predicted molar refractivity (Wildman–Crippen MR) is 83.4 cm³/mol. The summed E-state index contributed by atoms with van der Waals surface area (Å²) in [6.45, 7) is 4.23. The van der Waals surface area contributed by atoms with Crippen LogP contribution in [0.3, 0.4) is 0 Å². The summed E-state index contributed by atoms with van der Waals surface area (Å²) in [6.07, 6.45) is 2.61. The minimum absolute atomic E-state index is 0.0180. The van der Waals surface area contributed by atoms with E-state index in [1.165, 1.54) is 0 Å². The van der Waals surface area contributed by atoms with Gasteiger partial charge in [0.05, 0.1) is 12.7 Å². The van der Waals surface area contributed by atoms with Gasteiger partial charge in [0.25, 0.3) is 0 Å². The maximum Gasteiger partial charge on any atom is 0.356 e. The average molecular weight is 305 g/mol. The van der Waals surface area contributed by atoms with Gasteiger partial charge in [0, 0.05) is 12.8 Å². The highest BCUT2D eigenvalue weighted by Crippen LogP contribution is 2.27. The third kappa shape index (κ3) is 4.56. The lowest BCUT2D eigenvalue weighted by Crippen LogP contribution is -2.28. The van der Waals surface area contributed by atoms with Crippen LogP contribution in [-0.2, 0) is 19.1 Å². The highest BCUT2D eigenvalue weighted by atomic mass is 16.8. The van der Waals surface area contributed by atoms with Gasteiger partial charge in [-0.2, -0.15) is 0 Å². The summed E-state index contributed by atoms with van der Waals surface area (Å²) in [5.41, 5.74) is 1.46. The molecule has 0 unspecified atom stereocenters. The molecule has 0 N–H and O–H groups in total. The van der Waals surface area contributed by atoms with E-state index in [4.69, 9.17) is 14.3 Å². The van der Waals surface area contributed by atoms with Gasteiger partial charge in [-0.05, 0) is 18.9 Å². The van der Waals surface area contributed by atoms with Gasteiger partial charge in [0.15, 0.2) is 5.71 Å². The number of carbonyl (C=O) groups is 1. The summed E-state index contributed by atoms with van der Waals surface area (Å²) >= 11 is 0. The van der Waals surface area contributed by atoms with Gasteiger partial charge in [0.1, 0.15) is 0 Å². The van der Waals surface area contributed by atoms with E-state index < -0.39 is 12.3 Å². The summed E-state index contributed by atoms with van der Waals surface area (Å²) in [6, 6.07) is 10.1. The average Bonchev–Trinajstić information content (AvgIpc) is 2.56. The molecule has 120 valence electrons. The van der Waals surface area contributed by atoms with Crippen molar-refractivity contribution in [2.75, 3.05) is 6.61 Å². The van der Waals surface area contributed by atoms with E-state index in [1.54, 1.807) is 6.92 Å². The van der Waals surface area contributed by atoms with Gasteiger partial charge in [-0.15, -0.1) is 0 Å². The molecule has 2 atom stereocenters. The molecule has 0 fully saturated rings. The van der Waals surface area contributed by atoms with Crippen LogP contribution in [0.2, 0.25) is 0 Å². The third-order valence-corrected chi connectivity index (χ3v) is 3.45. The smallest absolute Gasteiger partial charge is 0.356 e. The summed E-state index contributed by atoms with van der Waals surface area (Å²) in [4.78, 5) is 16.9. The van der Waals surface area contributed by atoms with Crippen molar-refractivity contribution in [2.45, 2.75) is 51.9 Å². The zero-order valence-electron chi connectivity index (χ0n) is 13.2. The molecular formula is C17H23NO4. The number of esters is 1. The molecule has 0 bridgehead atoms. The minimum atomic E-state index is -0.421. The van der Waals surface area contributed by atoms with E-state index in [9.17, 15) is 4.79 Å². The fourth-order valence-electron chi connectivity index (χ4n) is 2.35. The van der Waals surface area contributed by atoms with Crippen LogP contribution in [0.15, 0.2) is 35.5 Å². The lowest BCUT2D eigenvalue weighted by Gasteiger charge is -2.26. The van der Waals surface area contributed by atoms with Crippen molar-refractivity contribution in [2.24, 2.45) is 5.16 Å². The van der Waals surface area contributed by atoms with E-state index in [-0.39, 0.29) is 6.10 Å². The molecule has 5 heteroatoms. The fourth-order valence-corrected chi connectivity index (χ4v) is 2.35. The Balaban J connectivity index is 1.94. The van der Waals surface area contributed by atoms with Crippen LogP contribution >= 0.6 is 0 Å². The Morgan fingerprint density at radius 3 is 2.73 bits per heavy atom. The maximum atomic E-state index is 11.6. The molecule has 1 aromatic rings. The number of oxime groups is 1. The number of benzene rings is 1. The number of carbonyl (C=O) groups excluding carboxylic acids is 1. The molecule has 5 nitrogen and oxygen atoms in total. The third-order valence-electron chi connectivity index (χ3n) is 3.45. The van der Waals surface area contributed by atoms with Gasteiger partial charge in [-0.1, -0.05) is 48.8 Å². The summed E-state index contributed by atoms with van der Waals surface area (Å²) < 4.78 is 10.9. The van der Waals surface area contributed by atoms with E-state index in [1.807, 2.05) is 18.2 Å². The monoisotopic (exact) mass is 305 g/mol. The number of ether oxygens (including phenoxy) is 2. The lowest BCUT2D eigenvalue weighted by molar-refractivity contribution is -0.182. The number of rotatable bonds is 7. The van der Waals surface area contributed by atoms with Crippen molar-refractivity contribution in [3.05, 3.63) is 35.9 Å². The summed E-state index contributed by atoms with van der Waals surface area (Å²) in [5.74, 6) is -0.408. The molecule has 22 heavy (non-hydrogen) atoms. The summed E-state index contributed by atoms with van der Waals surface area (Å²) in [7, 11) is 0. The van der Waals surface area contributed by atoms with Crippen LogP contribution in [0.5, 0.6) is 0 Å². The first-order chi connectivity index (χ1) is 10.7. The van der Waals surface area contributed by atoms with E-state index in [0.717, 1.165) is 18.4 Å². The Labute approximate surface area is 131 Å². The largest absolute Gasteiger partial charge is 0.461 e. The van der Waals surface area contributed by atoms with Gasteiger partial charge in [-0.3, -0.25) is 0 Å². The first kappa shape index (κ1) is 16.5. The Hall–Kier alpha value is -1.88. The number of hydrogen-bond donors (Lipinski definition) is 0. The maximum absolute atomic E-state index is 11.6. The number of nitrogens with zero attached hydrogens (tertiary/aromatic N) is 1. The Kier molecular flexibility index (Phi) is 6.40. The topological polar surface area (TPSA) is 57.1 Å². The van der Waals surface area contributed by atoms with Crippen molar-refractivity contribution >= 4 is 11.7 Å². The molecule has 0 aromatic heterocycles. The molecule has 1 heterocycles. The first-order valence-electron chi connectivity index (χ1n) is 7.84. The standard InChI is InChI=1S/C17H23NO4/c1-3-8-15(13-9-6-5-7-10-13)21-16-12-11-14(18-22-16)17(19)20-4-2/h5-7,9-10,15-16H,3-4,8,11-12H2,1-2H3/t15-,16+/m1/s1. The molecule has 0 saturated heterocycles. The highest BCUT2D eigenvalue weighted by molar-refractivity contribution is 6.36. The molecule has 0 spiro atoms. The van der Waals surface area contributed by atoms with E-state index in [0.29, 0.717) is 25.2 Å². The van der Waals surface area contributed by atoms with Crippen molar-refractivity contribution in [1.82, 2.24) is 0 Å². The molecule has 0 saturated carbocycles. The van der Waals surface area contributed by atoms with Crippen LogP contribution in [0, 0.1) is 0 Å². The van der Waals surface area contributed by atoms with Gasteiger partial charge in [0.2, 0.25) is 6.29 Å². The molecule has 0 amide bonds. The fraction of sp³-hybridized carbons (Fsp3) is 0.529. The minimum Gasteiger partial charge on any atom is -0.461 e. The van der Waals surface area contributed by atoms with Crippen LogP contribution in [-0.4, -0.2) is 24.6 Å². The summed E-state index contributed by atoms with van der Waals surface area (Å²) in [5, 5.41) is 3.85. The number of hydrogen-bond acceptors (Lipinski definition) is 5.